The molecule has 5 rings (SSSR count). The van der Waals surface area contributed by atoms with Crippen LogP contribution in [-0.4, -0.2) is 41.2 Å². The molecule has 0 amide bonds. The zero-order chi connectivity index (χ0) is 24.2. The predicted molar refractivity (Wildman–Crippen MR) is 133 cm³/mol. The standard InChI is InChI=1S/C27H25N7O/c1-3-18(2)34-24(28-27(31-34)25(35)21-9-5-4-6-10-21)17-19-13-15-20(16-14-19)22-11-7-8-12-23(22)26-29-32-33-30-26/h4-16,18H,3,17H2,1-2H3,(H,29,30,32,33). The van der Waals surface area contributed by atoms with E-state index in [-0.39, 0.29) is 17.6 Å². The molecule has 0 bridgehead atoms. The molecule has 3 aromatic carbocycles. The van der Waals surface area contributed by atoms with E-state index in [1.165, 1.54) is 0 Å². The Morgan fingerprint density at radius 1 is 0.943 bits per heavy atom. The first-order valence-corrected chi connectivity index (χ1v) is 11.6. The summed E-state index contributed by atoms with van der Waals surface area (Å²) in [4.78, 5) is 17.6. The molecule has 0 aliphatic rings. The molecule has 0 fully saturated rings. The second kappa shape index (κ2) is 9.80. The summed E-state index contributed by atoms with van der Waals surface area (Å²) in [5.74, 6) is 1.40. The number of carbonyl (C=O) groups is 1. The molecule has 0 saturated carbocycles. The van der Waals surface area contributed by atoms with Gasteiger partial charge in [-0.2, -0.15) is 5.21 Å². The van der Waals surface area contributed by atoms with Gasteiger partial charge in [0.05, 0.1) is 6.04 Å². The van der Waals surface area contributed by atoms with Crippen molar-refractivity contribution >= 4 is 5.78 Å². The third kappa shape index (κ3) is 4.63. The van der Waals surface area contributed by atoms with Crippen molar-refractivity contribution in [3.63, 3.8) is 0 Å². The number of benzene rings is 3. The van der Waals surface area contributed by atoms with E-state index < -0.39 is 0 Å². The number of nitrogens with one attached hydrogen (secondary N) is 1. The van der Waals surface area contributed by atoms with Gasteiger partial charge in [-0.25, -0.2) is 9.67 Å². The van der Waals surface area contributed by atoms with Crippen LogP contribution >= 0.6 is 0 Å². The molecule has 8 heteroatoms. The zero-order valence-electron chi connectivity index (χ0n) is 19.6. The Hall–Kier alpha value is -4.46. The Balaban J connectivity index is 1.43. The van der Waals surface area contributed by atoms with Crippen molar-refractivity contribution in [2.24, 2.45) is 0 Å². The molecule has 174 valence electrons. The molecule has 1 atom stereocenters. The lowest BCUT2D eigenvalue weighted by atomic mass is 9.98. The number of hydrogen-bond donors (Lipinski definition) is 1. The molecular formula is C27H25N7O. The first-order chi connectivity index (χ1) is 17.1. The fourth-order valence-corrected chi connectivity index (χ4v) is 4.01. The fourth-order valence-electron chi connectivity index (χ4n) is 4.01. The molecule has 1 unspecified atom stereocenters. The maximum Gasteiger partial charge on any atom is 0.232 e. The molecule has 0 aliphatic carbocycles. The molecule has 2 aromatic heterocycles. The van der Waals surface area contributed by atoms with Crippen LogP contribution in [0.4, 0.5) is 0 Å². The monoisotopic (exact) mass is 463 g/mol. The molecule has 5 aromatic rings. The van der Waals surface area contributed by atoms with Gasteiger partial charge in [0.25, 0.3) is 0 Å². The van der Waals surface area contributed by atoms with Crippen LogP contribution < -0.4 is 0 Å². The molecule has 1 N–H and O–H groups in total. The van der Waals surface area contributed by atoms with Crippen LogP contribution in [-0.2, 0) is 6.42 Å². The second-order valence-corrected chi connectivity index (χ2v) is 8.40. The van der Waals surface area contributed by atoms with Gasteiger partial charge in [0.15, 0.2) is 0 Å². The summed E-state index contributed by atoms with van der Waals surface area (Å²) in [6, 6.07) is 25.6. The second-order valence-electron chi connectivity index (χ2n) is 8.40. The number of aromatic amines is 1. The van der Waals surface area contributed by atoms with Crippen molar-refractivity contribution in [1.29, 1.82) is 0 Å². The molecule has 35 heavy (non-hydrogen) atoms. The molecule has 0 saturated heterocycles. The van der Waals surface area contributed by atoms with Crippen LogP contribution in [0.15, 0.2) is 78.9 Å². The topological polar surface area (TPSA) is 102 Å². The lowest BCUT2D eigenvalue weighted by molar-refractivity contribution is 0.102. The number of rotatable bonds is 8. The van der Waals surface area contributed by atoms with Crippen molar-refractivity contribution in [2.45, 2.75) is 32.7 Å². The first kappa shape index (κ1) is 22.3. The predicted octanol–water partition coefficient (Wildman–Crippen LogP) is 4.92. The minimum atomic E-state index is -0.165. The lowest BCUT2D eigenvalue weighted by Gasteiger charge is -2.12. The summed E-state index contributed by atoms with van der Waals surface area (Å²) in [7, 11) is 0. The van der Waals surface area contributed by atoms with E-state index >= 15 is 0 Å². The van der Waals surface area contributed by atoms with Crippen LogP contribution in [0.25, 0.3) is 22.5 Å². The normalized spacial score (nSPS) is 11.9. The van der Waals surface area contributed by atoms with E-state index in [0.717, 1.165) is 34.5 Å². The molecule has 0 aliphatic heterocycles. The molecule has 0 spiro atoms. The SMILES string of the molecule is CCC(C)n1nc(C(=O)c2ccccc2)nc1Cc1ccc(-c2ccccc2-c2nn[nH]n2)cc1. The van der Waals surface area contributed by atoms with E-state index in [4.69, 9.17) is 0 Å². The van der Waals surface area contributed by atoms with E-state index in [0.29, 0.717) is 17.8 Å². The number of carbonyl (C=O) groups excluding carboxylic acids is 1. The first-order valence-electron chi connectivity index (χ1n) is 11.6. The number of aromatic nitrogens is 7. The van der Waals surface area contributed by atoms with Crippen molar-refractivity contribution in [2.75, 3.05) is 0 Å². The van der Waals surface area contributed by atoms with Gasteiger partial charge in [0, 0.05) is 17.5 Å². The molecule has 2 heterocycles. The highest BCUT2D eigenvalue weighted by Crippen LogP contribution is 2.30. The smallest absolute Gasteiger partial charge is 0.232 e. The van der Waals surface area contributed by atoms with E-state index in [1.807, 2.05) is 47.1 Å². The maximum atomic E-state index is 13.0. The highest BCUT2D eigenvalue weighted by atomic mass is 16.1. The number of H-pyrrole nitrogens is 1. The van der Waals surface area contributed by atoms with Gasteiger partial charge < -0.3 is 0 Å². The Labute approximate surface area is 203 Å². The third-order valence-electron chi connectivity index (χ3n) is 6.09. The van der Waals surface area contributed by atoms with Crippen LogP contribution in [0.3, 0.4) is 0 Å². The Morgan fingerprint density at radius 2 is 1.66 bits per heavy atom. The Morgan fingerprint density at radius 3 is 2.34 bits per heavy atom. The Bertz CT molecular complexity index is 1420. The van der Waals surface area contributed by atoms with Crippen LogP contribution in [0.5, 0.6) is 0 Å². The average molecular weight is 464 g/mol. The van der Waals surface area contributed by atoms with E-state index in [2.05, 4.69) is 68.8 Å². The van der Waals surface area contributed by atoms with E-state index in [1.54, 1.807) is 12.1 Å². The minimum Gasteiger partial charge on any atom is -0.285 e. The van der Waals surface area contributed by atoms with Crippen LogP contribution in [0, 0.1) is 0 Å². The van der Waals surface area contributed by atoms with Crippen molar-refractivity contribution in [3.8, 4) is 22.5 Å². The van der Waals surface area contributed by atoms with Gasteiger partial charge in [0.1, 0.15) is 5.82 Å². The minimum absolute atomic E-state index is 0.135. The van der Waals surface area contributed by atoms with Gasteiger partial charge in [-0.05, 0) is 35.2 Å². The quantitative estimate of drug-likeness (QED) is 0.328. The summed E-state index contributed by atoms with van der Waals surface area (Å²) in [6.07, 6.45) is 1.47. The number of ketones is 1. The Kier molecular flexibility index (Phi) is 6.26. The summed E-state index contributed by atoms with van der Waals surface area (Å²) >= 11 is 0. The summed E-state index contributed by atoms with van der Waals surface area (Å²) in [6.45, 7) is 4.19. The van der Waals surface area contributed by atoms with Crippen molar-refractivity contribution < 1.29 is 4.79 Å². The van der Waals surface area contributed by atoms with Gasteiger partial charge in [-0.15, -0.1) is 15.3 Å². The van der Waals surface area contributed by atoms with Gasteiger partial charge >= 0.3 is 0 Å². The van der Waals surface area contributed by atoms with Crippen LogP contribution in [0.2, 0.25) is 0 Å². The van der Waals surface area contributed by atoms with Gasteiger partial charge in [0.2, 0.25) is 17.4 Å². The summed E-state index contributed by atoms with van der Waals surface area (Å²) < 4.78 is 1.88. The third-order valence-corrected chi connectivity index (χ3v) is 6.09. The van der Waals surface area contributed by atoms with Gasteiger partial charge in [-0.1, -0.05) is 85.8 Å². The number of nitrogens with zero attached hydrogens (tertiary/aromatic N) is 6. The zero-order valence-corrected chi connectivity index (χ0v) is 19.6. The maximum absolute atomic E-state index is 13.0. The molecular weight excluding hydrogens is 438 g/mol. The lowest BCUT2D eigenvalue weighted by Crippen LogP contribution is -2.11. The number of tetrazole rings is 1. The average Bonchev–Trinajstić information content (AvgIpc) is 3.60. The largest absolute Gasteiger partial charge is 0.285 e. The van der Waals surface area contributed by atoms with Gasteiger partial charge in [-0.3, -0.25) is 4.79 Å². The highest BCUT2D eigenvalue weighted by Gasteiger charge is 2.20. The highest BCUT2D eigenvalue weighted by molar-refractivity contribution is 6.06. The summed E-state index contributed by atoms with van der Waals surface area (Å²) in [5.41, 5.74) is 4.66. The van der Waals surface area contributed by atoms with Crippen molar-refractivity contribution in [3.05, 3.63) is 102 Å². The molecule has 8 nitrogen and oxygen atoms in total. The molecule has 0 radical (unpaired) electrons. The van der Waals surface area contributed by atoms with E-state index in [9.17, 15) is 4.79 Å². The summed E-state index contributed by atoms with van der Waals surface area (Å²) in [5, 5.41) is 19.0. The van der Waals surface area contributed by atoms with Crippen molar-refractivity contribution in [1.82, 2.24) is 35.4 Å². The van der Waals surface area contributed by atoms with Crippen LogP contribution in [0.1, 0.15) is 53.9 Å². The fraction of sp³-hybridized carbons (Fsp3) is 0.185. The number of hydrogen-bond acceptors (Lipinski definition) is 6.